The van der Waals surface area contributed by atoms with Gasteiger partial charge in [0.2, 0.25) is 5.95 Å². The summed E-state index contributed by atoms with van der Waals surface area (Å²) in [5.41, 5.74) is 6.97. The van der Waals surface area contributed by atoms with E-state index < -0.39 is 18.2 Å². The second kappa shape index (κ2) is 5.69. The SMILES string of the molecule is Nc1ncc(C(=O)N2C[C@@H](O)[C@H](F)C2)c(-c2ccccc2)n1. The minimum absolute atomic E-state index is 0.0430. The highest BCUT2D eigenvalue weighted by molar-refractivity contribution is 6.00. The summed E-state index contributed by atoms with van der Waals surface area (Å²) < 4.78 is 13.4. The van der Waals surface area contributed by atoms with Crippen LogP contribution in [0.5, 0.6) is 0 Å². The average molecular weight is 302 g/mol. The number of carbonyl (C=O) groups excluding carboxylic acids is 1. The monoisotopic (exact) mass is 302 g/mol. The van der Waals surface area contributed by atoms with Gasteiger partial charge < -0.3 is 15.7 Å². The molecular weight excluding hydrogens is 287 g/mol. The van der Waals surface area contributed by atoms with Gasteiger partial charge in [-0.05, 0) is 0 Å². The third-order valence-electron chi connectivity index (χ3n) is 3.59. The van der Waals surface area contributed by atoms with Gasteiger partial charge in [-0.1, -0.05) is 30.3 Å². The second-order valence-electron chi connectivity index (χ2n) is 5.15. The smallest absolute Gasteiger partial charge is 0.257 e. The Bertz CT molecular complexity index is 685. The Labute approximate surface area is 126 Å². The molecule has 1 aromatic carbocycles. The van der Waals surface area contributed by atoms with Gasteiger partial charge >= 0.3 is 0 Å². The fourth-order valence-corrected chi connectivity index (χ4v) is 2.45. The molecule has 1 saturated heterocycles. The number of benzene rings is 1. The van der Waals surface area contributed by atoms with Crippen molar-refractivity contribution in [3.63, 3.8) is 0 Å². The van der Waals surface area contributed by atoms with E-state index in [1.54, 1.807) is 12.1 Å². The largest absolute Gasteiger partial charge is 0.388 e. The van der Waals surface area contributed by atoms with Gasteiger partial charge in [0.25, 0.3) is 5.91 Å². The molecule has 0 aliphatic carbocycles. The lowest BCUT2D eigenvalue weighted by atomic mass is 10.1. The molecule has 2 atom stereocenters. The maximum absolute atomic E-state index is 13.4. The fraction of sp³-hybridized carbons (Fsp3) is 0.267. The number of nitrogens with zero attached hydrogens (tertiary/aromatic N) is 3. The van der Waals surface area contributed by atoms with Crippen LogP contribution in [0, 0.1) is 0 Å². The van der Waals surface area contributed by atoms with Crippen LogP contribution in [0.15, 0.2) is 36.5 Å². The Kier molecular flexibility index (Phi) is 3.72. The van der Waals surface area contributed by atoms with Crippen LogP contribution in [0.4, 0.5) is 10.3 Å². The van der Waals surface area contributed by atoms with Crippen molar-refractivity contribution in [3.05, 3.63) is 42.1 Å². The number of aliphatic hydroxyl groups is 1. The van der Waals surface area contributed by atoms with Crippen molar-refractivity contribution in [1.29, 1.82) is 0 Å². The molecule has 3 N–H and O–H groups in total. The lowest BCUT2D eigenvalue weighted by Gasteiger charge is -2.17. The molecule has 1 fully saturated rings. The van der Waals surface area contributed by atoms with Gasteiger partial charge in [0, 0.05) is 18.3 Å². The van der Waals surface area contributed by atoms with Gasteiger partial charge in [-0.25, -0.2) is 14.4 Å². The zero-order valence-corrected chi connectivity index (χ0v) is 11.7. The Balaban J connectivity index is 1.99. The minimum atomic E-state index is -1.43. The van der Waals surface area contributed by atoms with Gasteiger partial charge in [-0.15, -0.1) is 0 Å². The van der Waals surface area contributed by atoms with Gasteiger partial charge in [0.15, 0.2) is 0 Å². The third-order valence-corrected chi connectivity index (χ3v) is 3.59. The maximum Gasteiger partial charge on any atom is 0.257 e. The molecule has 0 saturated carbocycles. The number of halogens is 1. The van der Waals surface area contributed by atoms with Crippen molar-refractivity contribution in [3.8, 4) is 11.3 Å². The molecule has 2 aromatic rings. The number of nitrogen functional groups attached to an aromatic ring is 1. The van der Waals surface area contributed by atoms with E-state index in [2.05, 4.69) is 9.97 Å². The number of aliphatic hydroxyl groups excluding tert-OH is 1. The summed E-state index contributed by atoms with van der Waals surface area (Å²) >= 11 is 0. The zero-order valence-electron chi connectivity index (χ0n) is 11.7. The van der Waals surface area contributed by atoms with E-state index in [1.807, 2.05) is 18.2 Å². The van der Waals surface area contributed by atoms with Gasteiger partial charge in [0.1, 0.15) is 12.3 Å². The molecule has 1 amide bonds. The van der Waals surface area contributed by atoms with Crippen molar-refractivity contribution < 1.29 is 14.3 Å². The highest BCUT2D eigenvalue weighted by Gasteiger charge is 2.35. The quantitative estimate of drug-likeness (QED) is 0.859. The molecule has 0 radical (unpaired) electrons. The van der Waals surface area contributed by atoms with Gasteiger partial charge in [-0.2, -0.15) is 0 Å². The summed E-state index contributed by atoms with van der Waals surface area (Å²) in [6.07, 6.45) is -1.25. The Hall–Kier alpha value is -2.54. The van der Waals surface area contributed by atoms with E-state index in [-0.39, 0.29) is 24.6 Å². The standard InChI is InChI=1S/C15H15FN4O2/c16-11-7-20(8-12(11)21)14(22)10-6-18-15(17)19-13(10)9-4-2-1-3-5-9/h1-6,11-12,21H,7-8H2,(H2,17,18,19)/t11-,12-/m1/s1. The molecule has 114 valence electrons. The van der Waals surface area contributed by atoms with E-state index in [9.17, 15) is 14.3 Å². The molecule has 0 spiro atoms. The predicted molar refractivity (Wildman–Crippen MR) is 78.7 cm³/mol. The predicted octanol–water partition coefficient (Wildman–Crippen LogP) is 0.881. The first-order valence-corrected chi connectivity index (χ1v) is 6.85. The van der Waals surface area contributed by atoms with E-state index >= 15 is 0 Å². The first-order valence-electron chi connectivity index (χ1n) is 6.85. The molecule has 22 heavy (non-hydrogen) atoms. The van der Waals surface area contributed by atoms with E-state index in [0.717, 1.165) is 5.56 Å². The first-order chi connectivity index (χ1) is 10.6. The second-order valence-corrected chi connectivity index (χ2v) is 5.15. The summed E-state index contributed by atoms with van der Waals surface area (Å²) in [6, 6.07) is 9.09. The molecular formula is C15H15FN4O2. The summed E-state index contributed by atoms with van der Waals surface area (Å²) in [6.45, 7) is -0.183. The number of rotatable bonds is 2. The van der Waals surface area contributed by atoms with E-state index in [4.69, 9.17) is 5.73 Å². The number of amides is 1. The number of likely N-dealkylation sites (tertiary alicyclic amines) is 1. The zero-order chi connectivity index (χ0) is 15.7. The molecule has 7 heteroatoms. The number of anilines is 1. The highest BCUT2D eigenvalue weighted by atomic mass is 19.1. The van der Waals surface area contributed by atoms with Crippen LogP contribution in [0.1, 0.15) is 10.4 Å². The number of nitrogens with two attached hydrogens (primary N) is 1. The summed E-state index contributed by atoms with van der Waals surface area (Å²) in [5, 5.41) is 9.47. The van der Waals surface area contributed by atoms with Gasteiger partial charge in [0.05, 0.1) is 17.8 Å². The number of hydrogen-bond donors (Lipinski definition) is 2. The van der Waals surface area contributed by atoms with E-state index in [1.165, 1.54) is 11.1 Å². The first kappa shape index (κ1) is 14.4. The molecule has 2 heterocycles. The summed E-state index contributed by atoms with van der Waals surface area (Å²) in [4.78, 5) is 21.8. The van der Waals surface area contributed by atoms with Crippen molar-refractivity contribution in [2.75, 3.05) is 18.8 Å². The van der Waals surface area contributed by atoms with Crippen molar-refractivity contribution in [1.82, 2.24) is 14.9 Å². The molecule has 1 aliphatic rings. The molecule has 0 unspecified atom stereocenters. The Morgan fingerprint density at radius 3 is 2.68 bits per heavy atom. The maximum atomic E-state index is 13.4. The van der Waals surface area contributed by atoms with E-state index in [0.29, 0.717) is 5.69 Å². The Morgan fingerprint density at radius 2 is 2.05 bits per heavy atom. The van der Waals surface area contributed by atoms with Crippen LogP contribution in [0.25, 0.3) is 11.3 Å². The van der Waals surface area contributed by atoms with Gasteiger partial charge in [-0.3, -0.25) is 4.79 Å². The Morgan fingerprint density at radius 1 is 1.32 bits per heavy atom. The number of β-amino-alcohol motifs (C(OH)–C–C–N with tert-alkyl or cyclic N) is 1. The molecule has 6 nitrogen and oxygen atoms in total. The molecule has 0 bridgehead atoms. The summed E-state index contributed by atoms with van der Waals surface area (Å²) in [7, 11) is 0. The average Bonchev–Trinajstić information content (AvgIpc) is 2.87. The molecule has 3 rings (SSSR count). The molecule has 1 aliphatic heterocycles. The van der Waals surface area contributed by atoms with Crippen LogP contribution in [0.3, 0.4) is 0 Å². The highest BCUT2D eigenvalue weighted by Crippen LogP contribution is 2.24. The van der Waals surface area contributed by atoms with Crippen molar-refractivity contribution in [2.45, 2.75) is 12.3 Å². The minimum Gasteiger partial charge on any atom is -0.388 e. The van der Waals surface area contributed by atoms with Crippen LogP contribution in [0.2, 0.25) is 0 Å². The number of alkyl halides is 1. The number of aromatic nitrogens is 2. The van der Waals surface area contributed by atoms with Crippen LogP contribution < -0.4 is 5.73 Å². The topological polar surface area (TPSA) is 92.3 Å². The fourth-order valence-electron chi connectivity index (χ4n) is 2.45. The molecule has 1 aromatic heterocycles. The van der Waals surface area contributed by atoms with Crippen LogP contribution in [-0.2, 0) is 0 Å². The lowest BCUT2D eigenvalue weighted by Crippen LogP contribution is -2.30. The van der Waals surface area contributed by atoms with Crippen molar-refractivity contribution in [2.24, 2.45) is 0 Å². The number of hydrogen-bond acceptors (Lipinski definition) is 5. The number of carbonyl (C=O) groups is 1. The van der Waals surface area contributed by atoms with Crippen LogP contribution in [-0.4, -0.2) is 51.2 Å². The lowest BCUT2D eigenvalue weighted by molar-refractivity contribution is 0.0764. The third kappa shape index (κ3) is 2.62. The summed E-state index contributed by atoms with van der Waals surface area (Å²) in [5.74, 6) is -0.363. The van der Waals surface area contributed by atoms with Crippen molar-refractivity contribution >= 4 is 11.9 Å². The van der Waals surface area contributed by atoms with Crippen LogP contribution >= 0.6 is 0 Å². The normalized spacial score (nSPS) is 21.1.